The molecule has 1 aliphatic heterocycles. The van der Waals surface area contributed by atoms with Crippen LogP contribution in [0.5, 0.6) is 0 Å². The predicted octanol–water partition coefficient (Wildman–Crippen LogP) is 1.90. The van der Waals surface area contributed by atoms with Crippen molar-refractivity contribution in [1.82, 2.24) is 4.57 Å². The number of hydrogen-bond acceptors (Lipinski definition) is 8. The number of rotatable bonds is 5. The van der Waals surface area contributed by atoms with Crippen LogP contribution < -0.4 is 27.5 Å². The van der Waals surface area contributed by atoms with E-state index in [-0.39, 0.29) is 51.2 Å². The number of aromatic nitrogens is 1. The van der Waals surface area contributed by atoms with Crippen LogP contribution in [-0.2, 0) is 11.3 Å². The average Bonchev–Trinajstić information content (AvgIpc) is 2.77. The van der Waals surface area contributed by atoms with Crippen LogP contribution in [0.4, 0.5) is 25.8 Å². The molecular formula is C22H22ClF2N5O4. The molecule has 2 heterocycles. The van der Waals surface area contributed by atoms with Crippen LogP contribution in [-0.4, -0.2) is 41.4 Å². The number of nitrogens with zero attached hydrogens (tertiary/aromatic N) is 2. The van der Waals surface area contributed by atoms with Gasteiger partial charge in [0.15, 0.2) is 5.82 Å². The Balaban J connectivity index is 2.18. The lowest BCUT2D eigenvalue weighted by molar-refractivity contribution is 0.0524. The summed E-state index contributed by atoms with van der Waals surface area (Å²) in [7, 11) is 0. The topological polar surface area (TPSA) is 150 Å². The van der Waals surface area contributed by atoms with Gasteiger partial charge in [0.25, 0.3) is 0 Å². The van der Waals surface area contributed by atoms with Gasteiger partial charge >= 0.3 is 5.97 Å². The third-order valence-corrected chi connectivity index (χ3v) is 6.04. The molecule has 0 atom stereocenters. The van der Waals surface area contributed by atoms with Gasteiger partial charge in [0.1, 0.15) is 11.4 Å². The van der Waals surface area contributed by atoms with Crippen LogP contribution in [0.1, 0.15) is 22.8 Å². The molecule has 7 N–H and O–H groups in total. The highest BCUT2D eigenvalue weighted by Gasteiger charge is 2.33. The van der Waals surface area contributed by atoms with Gasteiger partial charge < -0.3 is 36.5 Å². The zero-order chi connectivity index (χ0) is 24.9. The van der Waals surface area contributed by atoms with Crippen molar-refractivity contribution in [2.24, 2.45) is 5.73 Å². The van der Waals surface area contributed by atoms with Gasteiger partial charge in [-0.15, -0.1) is 0 Å². The lowest BCUT2D eigenvalue weighted by atomic mass is 10.0. The molecule has 1 saturated heterocycles. The summed E-state index contributed by atoms with van der Waals surface area (Å²) in [5, 5.41) is 9.32. The van der Waals surface area contributed by atoms with Crippen LogP contribution in [0, 0.1) is 11.6 Å². The fourth-order valence-corrected chi connectivity index (χ4v) is 4.40. The van der Waals surface area contributed by atoms with E-state index in [1.807, 2.05) is 0 Å². The highest BCUT2D eigenvalue weighted by Crippen LogP contribution is 2.42. The van der Waals surface area contributed by atoms with Crippen molar-refractivity contribution < 1.29 is 23.4 Å². The standard InChI is InChI=1S/C22H22ClF2N5O4/c1-2-34-22(33)11-7-30(14-4-13(27)12(24)3-9(14)8-31)19-15(21(11)32)18(28)17(25)20(16(19)23)29-5-10(26)6-29/h3-4,7,10,31H,2,5-6,8,26-28H2,1H3. The number of nitrogen functional groups attached to an aromatic ring is 2. The molecule has 1 fully saturated rings. The van der Waals surface area contributed by atoms with Crippen LogP contribution >= 0.6 is 11.6 Å². The Labute approximate surface area is 197 Å². The zero-order valence-corrected chi connectivity index (χ0v) is 18.8. The number of carbonyl (C=O) groups excluding carboxylic acids is 1. The van der Waals surface area contributed by atoms with E-state index >= 15 is 4.39 Å². The second-order valence-corrected chi connectivity index (χ2v) is 8.28. The fraction of sp³-hybridized carbons (Fsp3) is 0.273. The quantitative estimate of drug-likeness (QED) is 0.311. The Morgan fingerprint density at radius 1 is 1.29 bits per heavy atom. The molecule has 9 nitrogen and oxygen atoms in total. The average molecular weight is 494 g/mol. The predicted molar refractivity (Wildman–Crippen MR) is 125 cm³/mol. The Hall–Kier alpha value is -3.41. The first-order valence-corrected chi connectivity index (χ1v) is 10.7. The van der Waals surface area contributed by atoms with Crippen molar-refractivity contribution in [3.63, 3.8) is 0 Å². The maximum atomic E-state index is 15.4. The molecule has 1 aromatic heterocycles. The molecule has 180 valence electrons. The third kappa shape index (κ3) is 3.61. The summed E-state index contributed by atoms with van der Waals surface area (Å²) >= 11 is 6.64. The Morgan fingerprint density at radius 3 is 2.56 bits per heavy atom. The fourth-order valence-electron chi connectivity index (χ4n) is 4.01. The third-order valence-electron chi connectivity index (χ3n) is 5.69. The minimum atomic E-state index is -0.975. The SMILES string of the molecule is CCOC(=O)c1cn(-c2cc(N)c(F)cc2CO)c2c(Cl)c(N3CC(N)C3)c(F)c(N)c2c1=O. The number of aliphatic hydroxyl groups is 1. The molecule has 4 rings (SSSR count). The Bertz CT molecular complexity index is 1390. The Morgan fingerprint density at radius 2 is 1.97 bits per heavy atom. The van der Waals surface area contributed by atoms with Crippen molar-refractivity contribution in [3.05, 3.63) is 56.3 Å². The molecule has 12 heteroatoms. The summed E-state index contributed by atoms with van der Waals surface area (Å²) in [6, 6.07) is 2.02. The first kappa shape index (κ1) is 23.7. The normalized spacial score (nSPS) is 13.9. The number of benzene rings is 2. The lowest BCUT2D eigenvalue weighted by Gasteiger charge is -2.39. The number of esters is 1. The summed E-state index contributed by atoms with van der Waals surface area (Å²) in [5.74, 6) is -2.69. The Kier molecular flexibility index (Phi) is 6.11. The highest BCUT2D eigenvalue weighted by molar-refractivity contribution is 6.38. The second-order valence-electron chi connectivity index (χ2n) is 7.90. The van der Waals surface area contributed by atoms with Gasteiger partial charge in [0.2, 0.25) is 5.43 Å². The second kappa shape index (κ2) is 8.75. The summed E-state index contributed by atoms with van der Waals surface area (Å²) in [6.07, 6.45) is 1.13. The monoisotopic (exact) mass is 493 g/mol. The van der Waals surface area contributed by atoms with Gasteiger partial charge in [-0.05, 0) is 19.1 Å². The van der Waals surface area contributed by atoms with Gasteiger partial charge in [-0.2, -0.15) is 0 Å². The van der Waals surface area contributed by atoms with Crippen molar-refractivity contribution in [3.8, 4) is 5.69 Å². The molecule has 2 aromatic carbocycles. The summed E-state index contributed by atoms with van der Waals surface area (Å²) in [5.41, 5.74) is 15.6. The minimum absolute atomic E-state index is 0.0273. The zero-order valence-electron chi connectivity index (χ0n) is 18.1. The molecule has 0 saturated carbocycles. The van der Waals surface area contributed by atoms with Gasteiger partial charge in [0.05, 0.1) is 51.9 Å². The number of anilines is 3. The van der Waals surface area contributed by atoms with E-state index in [0.717, 1.165) is 12.3 Å². The number of nitrogens with two attached hydrogens (primary N) is 3. The summed E-state index contributed by atoms with van der Waals surface area (Å²) in [6.45, 7) is 1.52. The molecule has 0 radical (unpaired) electrons. The molecule has 0 spiro atoms. The number of hydrogen-bond donors (Lipinski definition) is 4. The van der Waals surface area contributed by atoms with Crippen molar-refractivity contribution in [2.75, 3.05) is 36.1 Å². The smallest absolute Gasteiger partial charge is 0.343 e. The molecular weight excluding hydrogens is 472 g/mol. The van der Waals surface area contributed by atoms with E-state index in [0.29, 0.717) is 13.1 Å². The molecule has 34 heavy (non-hydrogen) atoms. The first-order valence-electron chi connectivity index (χ1n) is 10.3. The number of fused-ring (bicyclic) bond motifs is 1. The number of aliphatic hydroxyl groups excluding tert-OH is 1. The van der Waals surface area contributed by atoms with E-state index in [9.17, 15) is 19.1 Å². The number of pyridine rings is 1. The van der Waals surface area contributed by atoms with E-state index in [1.54, 1.807) is 11.8 Å². The van der Waals surface area contributed by atoms with Crippen molar-refractivity contribution >= 4 is 45.5 Å². The maximum absolute atomic E-state index is 15.4. The van der Waals surface area contributed by atoms with Gasteiger partial charge in [0, 0.05) is 30.9 Å². The minimum Gasteiger partial charge on any atom is -0.462 e. The van der Waals surface area contributed by atoms with E-state index in [1.165, 1.54) is 10.6 Å². The highest BCUT2D eigenvalue weighted by atomic mass is 35.5. The maximum Gasteiger partial charge on any atom is 0.343 e. The number of halogens is 3. The van der Waals surface area contributed by atoms with E-state index in [2.05, 4.69) is 0 Å². The molecule has 3 aromatic rings. The van der Waals surface area contributed by atoms with Gasteiger partial charge in [-0.1, -0.05) is 11.6 Å². The van der Waals surface area contributed by atoms with Crippen LogP contribution in [0.15, 0.2) is 23.1 Å². The number of ether oxygens (including phenoxy) is 1. The van der Waals surface area contributed by atoms with Crippen molar-refractivity contribution in [1.29, 1.82) is 0 Å². The molecule has 0 unspecified atom stereocenters. The molecule has 1 aliphatic rings. The van der Waals surface area contributed by atoms with Crippen molar-refractivity contribution in [2.45, 2.75) is 19.6 Å². The lowest BCUT2D eigenvalue weighted by Crippen LogP contribution is -2.56. The molecule has 0 aliphatic carbocycles. The molecule has 0 bridgehead atoms. The molecule has 0 amide bonds. The van der Waals surface area contributed by atoms with Crippen LogP contribution in [0.2, 0.25) is 5.02 Å². The van der Waals surface area contributed by atoms with Crippen LogP contribution in [0.25, 0.3) is 16.6 Å². The van der Waals surface area contributed by atoms with E-state index in [4.69, 9.17) is 33.5 Å². The van der Waals surface area contributed by atoms with Gasteiger partial charge in [-0.25, -0.2) is 13.6 Å². The largest absolute Gasteiger partial charge is 0.462 e. The van der Waals surface area contributed by atoms with Gasteiger partial charge in [-0.3, -0.25) is 4.79 Å². The number of carbonyl (C=O) groups is 1. The summed E-state index contributed by atoms with van der Waals surface area (Å²) < 4.78 is 35.7. The first-order chi connectivity index (χ1) is 16.1. The van der Waals surface area contributed by atoms with E-state index < -0.39 is 40.9 Å². The van der Waals surface area contributed by atoms with Crippen LogP contribution in [0.3, 0.4) is 0 Å². The summed E-state index contributed by atoms with van der Waals surface area (Å²) in [4.78, 5) is 27.4.